The Hall–Kier alpha value is -1.81. The number of nitrogens with zero attached hydrogens (tertiary/aromatic N) is 1. The van der Waals surface area contributed by atoms with E-state index in [1.165, 1.54) is 0 Å². The van der Waals surface area contributed by atoms with E-state index in [1.54, 1.807) is 18.2 Å². The Labute approximate surface area is 87.2 Å². The van der Waals surface area contributed by atoms with Gasteiger partial charge in [-0.15, -0.1) is 0 Å². The van der Waals surface area contributed by atoms with Crippen LogP contribution < -0.4 is 0 Å². The first-order chi connectivity index (χ1) is 7.22. The van der Waals surface area contributed by atoms with Gasteiger partial charge in [0.05, 0.1) is 5.69 Å². The number of phenols is 1. The fourth-order valence-corrected chi connectivity index (χ4v) is 1.53. The van der Waals surface area contributed by atoms with E-state index >= 15 is 0 Å². The summed E-state index contributed by atoms with van der Waals surface area (Å²) in [5, 5.41) is 18.6. The van der Waals surface area contributed by atoms with E-state index in [1.807, 2.05) is 13.0 Å². The molecule has 15 heavy (non-hydrogen) atoms. The van der Waals surface area contributed by atoms with E-state index in [0.717, 1.165) is 5.69 Å². The van der Waals surface area contributed by atoms with Crippen molar-refractivity contribution in [2.45, 2.75) is 13.5 Å². The first-order valence-electron chi connectivity index (χ1n) is 4.67. The summed E-state index contributed by atoms with van der Waals surface area (Å²) in [4.78, 5) is 7.14. The lowest BCUT2D eigenvalue weighted by atomic mass is 10.1. The zero-order chi connectivity index (χ0) is 10.8. The third kappa shape index (κ3) is 1.71. The molecule has 0 aliphatic carbocycles. The van der Waals surface area contributed by atoms with E-state index in [4.69, 9.17) is 5.11 Å². The van der Waals surface area contributed by atoms with Gasteiger partial charge in [0.25, 0.3) is 0 Å². The van der Waals surface area contributed by atoms with E-state index in [-0.39, 0.29) is 12.4 Å². The van der Waals surface area contributed by atoms with Crippen LogP contribution in [0.2, 0.25) is 0 Å². The van der Waals surface area contributed by atoms with E-state index in [2.05, 4.69) is 9.97 Å². The van der Waals surface area contributed by atoms with E-state index in [9.17, 15) is 5.11 Å². The van der Waals surface area contributed by atoms with Gasteiger partial charge < -0.3 is 15.2 Å². The van der Waals surface area contributed by atoms with Crippen LogP contribution in [0.5, 0.6) is 5.75 Å². The molecular formula is C11H12N2O2. The Morgan fingerprint density at radius 3 is 2.67 bits per heavy atom. The minimum atomic E-state index is -0.131. The number of hydrogen-bond acceptors (Lipinski definition) is 3. The highest BCUT2D eigenvalue weighted by Crippen LogP contribution is 2.29. The number of aliphatic hydroxyl groups is 1. The van der Waals surface area contributed by atoms with Crippen LogP contribution in [0, 0.1) is 6.92 Å². The summed E-state index contributed by atoms with van der Waals surface area (Å²) in [5.41, 5.74) is 2.18. The normalized spacial score (nSPS) is 10.5. The van der Waals surface area contributed by atoms with Crippen molar-refractivity contribution in [2.75, 3.05) is 0 Å². The Balaban J connectivity index is 2.54. The second-order valence-electron chi connectivity index (χ2n) is 3.33. The summed E-state index contributed by atoms with van der Waals surface area (Å²) >= 11 is 0. The Kier molecular flexibility index (Phi) is 2.43. The van der Waals surface area contributed by atoms with Gasteiger partial charge in [-0.05, 0) is 19.1 Å². The molecule has 0 spiro atoms. The molecule has 1 aromatic heterocycles. The molecule has 0 saturated heterocycles. The van der Waals surface area contributed by atoms with Crippen molar-refractivity contribution in [3.8, 4) is 17.0 Å². The van der Waals surface area contributed by atoms with E-state index < -0.39 is 0 Å². The van der Waals surface area contributed by atoms with Crippen LogP contribution in [-0.4, -0.2) is 20.2 Å². The van der Waals surface area contributed by atoms with Crippen LogP contribution in [-0.2, 0) is 6.61 Å². The van der Waals surface area contributed by atoms with Crippen molar-refractivity contribution >= 4 is 0 Å². The second-order valence-corrected chi connectivity index (χ2v) is 3.33. The maximum Gasteiger partial charge on any atom is 0.132 e. The van der Waals surface area contributed by atoms with Crippen molar-refractivity contribution in [1.29, 1.82) is 0 Å². The molecule has 1 heterocycles. The zero-order valence-electron chi connectivity index (χ0n) is 8.36. The number of hydrogen-bond donors (Lipinski definition) is 3. The smallest absolute Gasteiger partial charge is 0.132 e. The molecule has 78 valence electrons. The van der Waals surface area contributed by atoms with Gasteiger partial charge in [0, 0.05) is 11.3 Å². The first kappa shape index (κ1) is 9.73. The highest BCUT2D eigenvalue weighted by molar-refractivity contribution is 5.68. The standard InChI is InChI=1S/C11H12N2O2/c1-7-11(13-10(6-14)12-7)8-4-2-3-5-9(8)15/h2-5,14-15H,6H2,1H3,(H,12,13). The molecule has 4 heteroatoms. The highest BCUT2D eigenvalue weighted by atomic mass is 16.3. The number of aromatic hydroxyl groups is 1. The van der Waals surface area contributed by atoms with Crippen molar-refractivity contribution < 1.29 is 10.2 Å². The van der Waals surface area contributed by atoms with Gasteiger partial charge in [0.1, 0.15) is 18.2 Å². The molecule has 0 fully saturated rings. The number of rotatable bonds is 2. The number of aliphatic hydroxyl groups excluding tert-OH is 1. The number of nitrogens with one attached hydrogen (secondary N) is 1. The predicted octanol–water partition coefficient (Wildman–Crippen LogP) is 1.58. The molecule has 1 aromatic carbocycles. The number of aromatic nitrogens is 2. The average Bonchev–Trinajstić information content (AvgIpc) is 2.60. The van der Waals surface area contributed by atoms with Gasteiger partial charge in [0.15, 0.2) is 0 Å². The van der Waals surface area contributed by atoms with E-state index in [0.29, 0.717) is 17.1 Å². The first-order valence-corrected chi connectivity index (χ1v) is 4.67. The highest BCUT2D eigenvalue weighted by Gasteiger charge is 2.11. The maximum atomic E-state index is 9.65. The van der Waals surface area contributed by atoms with Crippen LogP contribution >= 0.6 is 0 Å². The lowest BCUT2D eigenvalue weighted by Crippen LogP contribution is -1.85. The van der Waals surface area contributed by atoms with Crippen molar-refractivity contribution in [1.82, 2.24) is 9.97 Å². The third-order valence-electron chi connectivity index (χ3n) is 2.24. The molecule has 0 bridgehead atoms. The molecule has 0 radical (unpaired) electrons. The van der Waals surface area contributed by atoms with Crippen LogP contribution in [0.15, 0.2) is 24.3 Å². The maximum absolute atomic E-state index is 9.65. The van der Waals surface area contributed by atoms with Gasteiger partial charge in [-0.3, -0.25) is 0 Å². The van der Waals surface area contributed by atoms with Crippen molar-refractivity contribution in [3.05, 3.63) is 35.8 Å². The summed E-state index contributed by atoms with van der Waals surface area (Å²) < 4.78 is 0. The largest absolute Gasteiger partial charge is 0.507 e. The van der Waals surface area contributed by atoms with Gasteiger partial charge >= 0.3 is 0 Å². The fraction of sp³-hybridized carbons (Fsp3) is 0.182. The number of H-pyrrole nitrogens is 1. The lowest BCUT2D eigenvalue weighted by molar-refractivity contribution is 0.272. The number of benzene rings is 1. The molecule has 0 aliphatic rings. The number of para-hydroxylation sites is 1. The lowest BCUT2D eigenvalue weighted by Gasteiger charge is -2.00. The second kappa shape index (κ2) is 3.74. The molecule has 2 aromatic rings. The minimum absolute atomic E-state index is 0.131. The molecule has 3 N–H and O–H groups in total. The number of imidazole rings is 1. The number of phenolic OH excluding ortho intramolecular Hbond substituents is 1. The molecular weight excluding hydrogens is 192 g/mol. The fourth-order valence-electron chi connectivity index (χ4n) is 1.53. The number of aromatic amines is 1. The van der Waals surface area contributed by atoms with Crippen molar-refractivity contribution in [2.24, 2.45) is 0 Å². The minimum Gasteiger partial charge on any atom is -0.507 e. The molecule has 0 saturated carbocycles. The van der Waals surface area contributed by atoms with Gasteiger partial charge in [-0.1, -0.05) is 12.1 Å². The Morgan fingerprint density at radius 1 is 1.33 bits per heavy atom. The van der Waals surface area contributed by atoms with Gasteiger partial charge in [-0.25, -0.2) is 4.98 Å². The van der Waals surface area contributed by atoms with Crippen LogP contribution in [0.1, 0.15) is 11.5 Å². The van der Waals surface area contributed by atoms with Crippen LogP contribution in [0.25, 0.3) is 11.3 Å². The Morgan fingerprint density at radius 2 is 2.07 bits per heavy atom. The monoisotopic (exact) mass is 204 g/mol. The molecule has 4 nitrogen and oxygen atoms in total. The summed E-state index contributed by atoms with van der Waals surface area (Å²) in [5.74, 6) is 0.697. The Bertz CT molecular complexity index is 477. The molecule has 0 atom stereocenters. The third-order valence-corrected chi connectivity index (χ3v) is 2.24. The molecule has 0 amide bonds. The topological polar surface area (TPSA) is 69.1 Å². The van der Waals surface area contributed by atoms with Crippen LogP contribution in [0.4, 0.5) is 0 Å². The zero-order valence-corrected chi connectivity index (χ0v) is 8.36. The molecule has 2 rings (SSSR count). The molecule has 0 unspecified atom stereocenters. The van der Waals surface area contributed by atoms with Gasteiger partial charge in [0.2, 0.25) is 0 Å². The quantitative estimate of drug-likeness (QED) is 0.695. The van der Waals surface area contributed by atoms with Gasteiger partial charge in [-0.2, -0.15) is 0 Å². The summed E-state index contributed by atoms with van der Waals surface area (Å²) in [6.45, 7) is 1.72. The summed E-state index contributed by atoms with van der Waals surface area (Å²) in [6.07, 6.45) is 0. The predicted molar refractivity (Wildman–Crippen MR) is 56.3 cm³/mol. The average molecular weight is 204 g/mol. The summed E-state index contributed by atoms with van der Waals surface area (Å²) in [6, 6.07) is 7.00. The van der Waals surface area contributed by atoms with Crippen LogP contribution in [0.3, 0.4) is 0 Å². The van der Waals surface area contributed by atoms with Crippen molar-refractivity contribution in [3.63, 3.8) is 0 Å². The number of aryl methyl sites for hydroxylation is 1. The SMILES string of the molecule is Cc1[nH]c(CO)nc1-c1ccccc1O. The molecule has 0 aliphatic heterocycles. The summed E-state index contributed by atoms with van der Waals surface area (Å²) in [7, 11) is 0.